The number of rotatable bonds is 4. The third-order valence-corrected chi connectivity index (χ3v) is 3.40. The van der Waals surface area contributed by atoms with Gasteiger partial charge in [-0.2, -0.15) is 0 Å². The third-order valence-electron chi connectivity index (χ3n) is 3.40. The van der Waals surface area contributed by atoms with Gasteiger partial charge in [-0.05, 0) is 41.5 Å². The Labute approximate surface area is 113 Å². The molecule has 0 spiro atoms. The Morgan fingerprint density at radius 3 is 1.61 bits per heavy atom. The van der Waals surface area contributed by atoms with Crippen molar-refractivity contribution in [2.75, 3.05) is 26.2 Å². The molecular formula is C14H32N4. The highest BCUT2D eigenvalue weighted by Gasteiger charge is 2.33. The molecule has 1 rings (SSSR count). The molecule has 0 radical (unpaired) electrons. The topological polar surface area (TPSA) is 58.5 Å². The van der Waals surface area contributed by atoms with Crippen LogP contribution < -0.4 is 11.5 Å². The fourth-order valence-corrected chi connectivity index (χ4v) is 2.95. The maximum absolute atomic E-state index is 6.15. The van der Waals surface area contributed by atoms with Crippen LogP contribution in [0.4, 0.5) is 0 Å². The highest BCUT2D eigenvalue weighted by atomic mass is 15.3. The molecule has 0 amide bonds. The Morgan fingerprint density at radius 1 is 0.889 bits per heavy atom. The van der Waals surface area contributed by atoms with Crippen molar-refractivity contribution in [3.05, 3.63) is 0 Å². The summed E-state index contributed by atoms with van der Waals surface area (Å²) in [5.41, 5.74) is 12.0. The zero-order chi connectivity index (χ0) is 14.1. The molecule has 2 atom stereocenters. The molecule has 0 aromatic heterocycles. The van der Waals surface area contributed by atoms with Gasteiger partial charge in [0.15, 0.2) is 0 Å². The first-order chi connectivity index (χ1) is 7.98. The van der Waals surface area contributed by atoms with E-state index in [0.29, 0.717) is 12.1 Å². The molecule has 2 unspecified atom stereocenters. The van der Waals surface area contributed by atoms with E-state index in [2.05, 4.69) is 51.3 Å². The van der Waals surface area contributed by atoms with Crippen molar-refractivity contribution in [1.82, 2.24) is 9.80 Å². The molecule has 0 bridgehead atoms. The van der Waals surface area contributed by atoms with Crippen LogP contribution in [0.25, 0.3) is 0 Å². The Balaban J connectivity index is 2.60. The highest BCUT2D eigenvalue weighted by Crippen LogP contribution is 2.19. The van der Waals surface area contributed by atoms with E-state index in [1.165, 1.54) is 0 Å². The first-order valence-electron chi connectivity index (χ1n) is 7.04. The van der Waals surface area contributed by atoms with Gasteiger partial charge in [-0.15, -0.1) is 0 Å². The predicted molar refractivity (Wildman–Crippen MR) is 78.6 cm³/mol. The van der Waals surface area contributed by atoms with Crippen molar-refractivity contribution < 1.29 is 0 Å². The van der Waals surface area contributed by atoms with Crippen LogP contribution in [-0.4, -0.2) is 59.1 Å². The minimum absolute atomic E-state index is 0.116. The van der Waals surface area contributed by atoms with Gasteiger partial charge in [-0.3, -0.25) is 9.80 Å². The van der Waals surface area contributed by atoms with Gasteiger partial charge < -0.3 is 11.5 Å². The molecule has 1 fully saturated rings. The Morgan fingerprint density at radius 2 is 1.28 bits per heavy atom. The van der Waals surface area contributed by atoms with Gasteiger partial charge in [0.1, 0.15) is 0 Å². The molecule has 1 heterocycles. The van der Waals surface area contributed by atoms with E-state index in [4.69, 9.17) is 11.5 Å². The largest absolute Gasteiger partial charge is 0.324 e. The Bertz CT molecular complexity index is 252. The van der Waals surface area contributed by atoms with E-state index < -0.39 is 0 Å². The molecule has 4 N–H and O–H groups in total. The average Bonchev–Trinajstić information content (AvgIpc) is 2.07. The number of hydrogen-bond donors (Lipinski definition) is 2. The molecule has 0 aromatic rings. The maximum Gasteiger partial charge on any atom is 0.0226 e. The summed E-state index contributed by atoms with van der Waals surface area (Å²) in [7, 11) is 0. The second-order valence-electron chi connectivity index (χ2n) is 7.54. The SMILES string of the molecule is CC1CN(CC(C)(C)N)CC(C)N1CC(C)(C)N. The summed E-state index contributed by atoms with van der Waals surface area (Å²) < 4.78 is 0. The molecule has 1 saturated heterocycles. The smallest absolute Gasteiger partial charge is 0.0226 e. The monoisotopic (exact) mass is 256 g/mol. The lowest BCUT2D eigenvalue weighted by Crippen LogP contribution is -2.62. The first kappa shape index (κ1) is 15.9. The highest BCUT2D eigenvalue weighted by molar-refractivity contribution is 4.91. The van der Waals surface area contributed by atoms with Crippen LogP contribution in [-0.2, 0) is 0 Å². The van der Waals surface area contributed by atoms with Crippen LogP contribution >= 0.6 is 0 Å². The lowest BCUT2D eigenvalue weighted by atomic mass is 9.99. The van der Waals surface area contributed by atoms with E-state index in [9.17, 15) is 0 Å². The van der Waals surface area contributed by atoms with Crippen LogP contribution in [0.3, 0.4) is 0 Å². The van der Waals surface area contributed by atoms with Crippen LogP contribution in [0.15, 0.2) is 0 Å². The van der Waals surface area contributed by atoms with Crippen molar-refractivity contribution in [1.29, 1.82) is 0 Å². The first-order valence-corrected chi connectivity index (χ1v) is 7.04. The van der Waals surface area contributed by atoms with E-state index in [-0.39, 0.29) is 11.1 Å². The summed E-state index contributed by atoms with van der Waals surface area (Å²) in [4.78, 5) is 5.01. The molecule has 0 aromatic carbocycles. The normalized spacial score (nSPS) is 28.7. The second kappa shape index (κ2) is 5.45. The van der Waals surface area contributed by atoms with E-state index >= 15 is 0 Å². The van der Waals surface area contributed by atoms with E-state index in [0.717, 1.165) is 26.2 Å². The van der Waals surface area contributed by atoms with Crippen LogP contribution in [0.5, 0.6) is 0 Å². The summed E-state index contributed by atoms with van der Waals surface area (Å²) in [6.07, 6.45) is 0. The summed E-state index contributed by atoms with van der Waals surface area (Å²) in [5.74, 6) is 0. The summed E-state index contributed by atoms with van der Waals surface area (Å²) in [5, 5.41) is 0. The Kier molecular flexibility index (Phi) is 4.81. The molecule has 1 aliphatic heterocycles. The third kappa shape index (κ3) is 5.22. The van der Waals surface area contributed by atoms with Gasteiger partial charge in [0, 0.05) is 49.3 Å². The van der Waals surface area contributed by atoms with Gasteiger partial charge in [0.2, 0.25) is 0 Å². The van der Waals surface area contributed by atoms with Gasteiger partial charge in [-0.25, -0.2) is 0 Å². The molecule has 0 aliphatic carbocycles. The molecule has 4 heteroatoms. The lowest BCUT2D eigenvalue weighted by Gasteiger charge is -2.47. The van der Waals surface area contributed by atoms with E-state index in [1.807, 2.05) is 0 Å². The summed E-state index contributed by atoms with van der Waals surface area (Å²) >= 11 is 0. The van der Waals surface area contributed by atoms with Crippen LogP contribution in [0, 0.1) is 0 Å². The molecular weight excluding hydrogens is 224 g/mol. The van der Waals surface area contributed by atoms with Crippen molar-refractivity contribution in [3.63, 3.8) is 0 Å². The fourth-order valence-electron chi connectivity index (χ4n) is 2.95. The summed E-state index contributed by atoms with van der Waals surface area (Å²) in [6.45, 7) is 17.0. The molecule has 1 aliphatic rings. The maximum atomic E-state index is 6.15. The number of nitrogens with two attached hydrogens (primary N) is 2. The van der Waals surface area contributed by atoms with Gasteiger partial charge >= 0.3 is 0 Å². The molecule has 4 nitrogen and oxygen atoms in total. The Hall–Kier alpha value is -0.160. The second-order valence-corrected chi connectivity index (χ2v) is 7.54. The van der Waals surface area contributed by atoms with E-state index in [1.54, 1.807) is 0 Å². The van der Waals surface area contributed by atoms with Crippen molar-refractivity contribution in [2.45, 2.75) is 64.7 Å². The predicted octanol–water partition coefficient (Wildman–Crippen LogP) is 0.856. The van der Waals surface area contributed by atoms with Crippen molar-refractivity contribution in [3.8, 4) is 0 Å². The number of hydrogen-bond acceptors (Lipinski definition) is 4. The zero-order valence-electron chi connectivity index (χ0n) is 13.0. The standard InChI is InChI=1S/C14H32N4/c1-11-7-17(9-13(3,4)15)8-12(2)18(11)10-14(5,6)16/h11-12H,7-10,15-16H2,1-6H3. The van der Waals surface area contributed by atoms with Gasteiger partial charge in [0.25, 0.3) is 0 Å². The van der Waals surface area contributed by atoms with Crippen LogP contribution in [0.2, 0.25) is 0 Å². The average molecular weight is 256 g/mol. The van der Waals surface area contributed by atoms with Crippen molar-refractivity contribution >= 4 is 0 Å². The summed E-state index contributed by atoms with van der Waals surface area (Å²) in [6, 6.07) is 1.08. The number of nitrogens with zero attached hydrogens (tertiary/aromatic N) is 2. The molecule has 0 saturated carbocycles. The lowest BCUT2D eigenvalue weighted by molar-refractivity contribution is 0.0196. The minimum Gasteiger partial charge on any atom is -0.324 e. The van der Waals surface area contributed by atoms with Crippen LogP contribution in [0.1, 0.15) is 41.5 Å². The molecule has 108 valence electrons. The molecule has 18 heavy (non-hydrogen) atoms. The fraction of sp³-hybridized carbons (Fsp3) is 1.00. The number of piperazine rings is 1. The zero-order valence-corrected chi connectivity index (χ0v) is 13.0. The van der Waals surface area contributed by atoms with Gasteiger partial charge in [-0.1, -0.05) is 0 Å². The minimum atomic E-state index is -0.127. The van der Waals surface area contributed by atoms with Crippen molar-refractivity contribution in [2.24, 2.45) is 11.5 Å². The quantitative estimate of drug-likeness (QED) is 0.783. The van der Waals surface area contributed by atoms with Gasteiger partial charge in [0.05, 0.1) is 0 Å².